The summed E-state index contributed by atoms with van der Waals surface area (Å²) in [6.45, 7) is 3.24. The summed E-state index contributed by atoms with van der Waals surface area (Å²) < 4.78 is 67.0. The molecule has 2 amide bonds. The van der Waals surface area contributed by atoms with E-state index in [1.54, 1.807) is 24.3 Å². The highest BCUT2D eigenvalue weighted by molar-refractivity contribution is 7.92. The third-order valence-electron chi connectivity index (χ3n) is 6.48. The highest BCUT2D eigenvalue weighted by Gasteiger charge is 2.36. The molecule has 3 aromatic rings. The maximum atomic E-state index is 14.0. The van der Waals surface area contributed by atoms with Gasteiger partial charge in [-0.25, -0.2) is 8.42 Å². The average molecular weight is 624 g/mol. The van der Waals surface area contributed by atoms with Gasteiger partial charge in [0.05, 0.1) is 22.5 Å². The number of alkyl halides is 3. The molecule has 0 fully saturated rings. The van der Waals surface area contributed by atoms with Crippen LogP contribution in [0.3, 0.4) is 0 Å². The molecule has 0 aliphatic carbocycles. The van der Waals surface area contributed by atoms with E-state index in [1.165, 1.54) is 4.90 Å². The number of carbonyl (C=O) groups is 2. The van der Waals surface area contributed by atoms with Gasteiger partial charge in [-0.2, -0.15) is 13.2 Å². The van der Waals surface area contributed by atoms with Crippen LogP contribution < -0.4 is 9.62 Å². The van der Waals surface area contributed by atoms with Crippen molar-refractivity contribution in [2.24, 2.45) is 0 Å². The Bertz CT molecular complexity index is 1500. The second-order valence-corrected chi connectivity index (χ2v) is 12.3. The van der Waals surface area contributed by atoms with E-state index < -0.39 is 51.2 Å². The van der Waals surface area contributed by atoms with Crippen LogP contribution >= 0.6 is 11.6 Å². The Morgan fingerprint density at radius 3 is 2.24 bits per heavy atom. The van der Waals surface area contributed by atoms with Gasteiger partial charge in [0, 0.05) is 19.5 Å². The topological polar surface area (TPSA) is 86.8 Å². The minimum Gasteiger partial charge on any atom is -0.354 e. The van der Waals surface area contributed by atoms with Gasteiger partial charge in [0.2, 0.25) is 21.8 Å². The van der Waals surface area contributed by atoms with Crippen molar-refractivity contribution in [2.45, 2.75) is 45.5 Å². The number of sulfonamides is 1. The zero-order valence-corrected chi connectivity index (χ0v) is 25.1. The molecule has 7 nitrogen and oxygen atoms in total. The van der Waals surface area contributed by atoms with E-state index in [9.17, 15) is 31.2 Å². The lowest BCUT2D eigenvalue weighted by molar-refractivity contribution is -0.140. The molecule has 42 heavy (non-hydrogen) atoms. The van der Waals surface area contributed by atoms with Crippen molar-refractivity contribution in [3.63, 3.8) is 0 Å². The monoisotopic (exact) mass is 623 g/mol. The van der Waals surface area contributed by atoms with Gasteiger partial charge >= 0.3 is 6.18 Å². The van der Waals surface area contributed by atoms with Gasteiger partial charge in [-0.3, -0.25) is 13.9 Å². The molecule has 1 atom stereocenters. The summed E-state index contributed by atoms with van der Waals surface area (Å²) in [5.41, 5.74) is 0.757. The zero-order chi connectivity index (χ0) is 31.1. The van der Waals surface area contributed by atoms with Crippen LogP contribution in [0.15, 0.2) is 72.8 Å². The van der Waals surface area contributed by atoms with Crippen LogP contribution in [0.1, 0.15) is 35.6 Å². The molecule has 1 N–H and O–H groups in total. The van der Waals surface area contributed by atoms with Crippen molar-refractivity contribution in [2.75, 3.05) is 23.7 Å². The number of amides is 2. The van der Waals surface area contributed by atoms with Gasteiger partial charge in [-0.05, 0) is 42.7 Å². The number of anilines is 1. The number of rotatable bonds is 12. The molecule has 12 heteroatoms. The average Bonchev–Trinajstić information content (AvgIpc) is 2.92. The van der Waals surface area contributed by atoms with Crippen LogP contribution in [-0.2, 0) is 38.8 Å². The van der Waals surface area contributed by atoms with E-state index in [2.05, 4.69) is 5.32 Å². The lowest BCUT2D eigenvalue weighted by Crippen LogP contribution is -2.53. The molecule has 0 aromatic heterocycles. The minimum absolute atomic E-state index is 0.0381. The number of aryl methyl sites for hydroxylation is 1. The molecular formula is C30H33ClF3N3O4S. The lowest BCUT2D eigenvalue weighted by Gasteiger charge is -2.33. The highest BCUT2D eigenvalue weighted by atomic mass is 35.5. The molecule has 3 rings (SSSR count). The lowest BCUT2D eigenvalue weighted by atomic mass is 10.0. The second-order valence-electron chi connectivity index (χ2n) is 9.94. The number of nitrogens with zero attached hydrogens (tertiary/aromatic N) is 2. The fourth-order valence-corrected chi connectivity index (χ4v) is 5.49. The quantitative estimate of drug-likeness (QED) is 0.285. The first-order chi connectivity index (χ1) is 19.7. The smallest absolute Gasteiger partial charge is 0.354 e. The van der Waals surface area contributed by atoms with Crippen LogP contribution in [0, 0.1) is 6.92 Å². The van der Waals surface area contributed by atoms with E-state index in [-0.39, 0.29) is 18.7 Å². The molecule has 226 valence electrons. The molecule has 0 saturated heterocycles. The molecule has 0 saturated carbocycles. The number of hydrogen-bond donors (Lipinski definition) is 1. The molecule has 0 aliphatic rings. The fraction of sp³-hybridized carbons (Fsp3) is 0.333. The van der Waals surface area contributed by atoms with Gasteiger partial charge in [0.1, 0.15) is 12.6 Å². The van der Waals surface area contributed by atoms with E-state index in [0.29, 0.717) is 28.9 Å². The van der Waals surface area contributed by atoms with Crippen molar-refractivity contribution in [3.05, 3.63) is 100 Å². The summed E-state index contributed by atoms with van der Waals surface area (Å²) in [5, 5.41) is 2.22. The van der Waals surface area contributed by atoms with Crippen LogP contribution in [0.25, 0.3) is 0 Å². The van der Waals surface area contributed by atoms with E-state index in [4.69, 9.17) is 11.6 Å². The first-order valence-corrected chi connectivity index (χ1v) is 15.4. The van der Waals surface area contributed by atoms with Crippen molar-refractivity contribution in [3.8, 4) is 0 Å². The number of benzene rings is 3. The second kappa shape index (κ2) is 14.1. The molecular weight excluding hydrogens is 591 g/mol. The molecule has 0 spiro atoms. The highest BCUT2D eigenvalue weighted by Crippen LogP contribution is 2.37. The summed E-state index contributed by atoms with van der Waals surface area (Å²) >= 11 is 5.75. The van der Waals surface area contributed by atoms with E-state index in [1.807, 2.05) is 44.2 Å². The molecule has 0 aliphatic heterocycles. The van der Waals surface area contributed by atoms with Crippen LogP contribution in [-0.4, -0.2) is 50.5 Å². The van der Waals surface area contributed by atoms with E-state index in [0.717, 1.165) is 29.5 Å². The van der Waals surface area contributed by atoms with E-state index >= 15 is 0 Å². The van der Waals surface area contributed by atoms with Gasteiger partial charge in [0.25, 0.3) is 0 Å². The third kappa shape index (κ3) is 8.96. The summed E-state index contributed by atoms with van der Waals surface area (Å²) in [4.78, 5) is 28.8. The predicted molar refractivity (Wildman–Crippen MR) is 158 cm³/mol. The van der Waals surface area contributed by atoms with Crippen LogP contribution in [0.4, 0.5) is 18.9 Å². The van der Waals surface area contributed by atoms with Crippen LogP contribution in [0.2, 0.25) is 5.02 Å². The van der Waals surface area contributed by atoms with Crippen LogP contribution in [0.5, 0.6) is 0 Å². The van der Waals surface area contributed by atoms with Crippen molar-refractivity contribution < 1.29 is 31.2 Å². The maximum Gasteiger partial charge on any atom is 0.417 e. The molecule has 0 unspecified atom stereocenters. The number of nitrogens with one attached hydrogen (secondary N) is 1. The Kier molecular flexibility index (Phi) is 11.0. The summed E-state index contributed by atoms with van der Waals surface area (Å²) in [6.07, 6.45) is -3.28. The Labute approximate surface area is 249 Å². The summed E-state index contributed by atoms with van der Waals surface area (Å²) in [7, 11) is -4.25. The molecule has 0 bridgehead atoms. The Balaban J connectivity index is 2.09. The van der Waals surface area contributed by atoms with Crippen molar-refractivity contribution in [1.29, 1.82) is 0 Å². The Morgan fingerprint density at radius 1 is 0.976 bits per heavy atom. The molecule has 0 heterocycles. The number of halogens is 4. The van der Waals surface area contributed by atoms with Gasteiger partial charge in [-0.1, -0.05) is 78.7 Å². The van der Waals surface area contributed by atoms with Crippen molar-refractivity contribution in [1.82, 2.24) is 10.2 Å². The largest absolute Gasteiger partial charge is 0.417 e. The molecule has 3 aromatic carbocycles. The Morgan fingerprint density at radius 2 is 1.64 bits per heavy atom. The predicted octanol–water partition coefficient (Wildman–Crippen LogP) is 5.60. The molecule has 0 radical (unpaired) electrons. The maximum absolute atomic E-state index is 14.0. The third-order valence-corrected chi connectivity index (χ3v) is 7.95. The van der Waals surface area contributed by atoms with Gasteiger partial charge in [0.15, 0.2) is 0 Å². The first-order valence-electron chi connectivity index (χ1n) is 13.2. The standard InChI is InChI=1S/C30H33ClF3N3O4S/c1-4-15-35-29(39)27(17-22-10-6-5-7-11-22)36(19-23-12-8-9-21(2)16-23)28(38)20-37(42(3,40)41)24-13-14-26(31)25(18-24)30(32,33)34/h5-14,16,18,27H,4,15,17,19-20H2,1-3H3,(H,35,39)/t27-/m1/s1. The van der Waals surface area contributed by atoms with Crippen molar-refractivity contribution >= 4 is 39.1 Å². The number of carbonyl (C=O) groups excluding carboxylic acids is 2. The summed E-state index contributed by atoms with van der Waals surface area (Å²) in [6, 6.07) is 17.9. The van der Waals surface area contributed by atoms with Gasteiger partial charge < -0.3 is 10.2 Å². The minimum atomic E-state index is -4.85. The normalized spacial score (nSPS) is 12.5. The fourth-order valence-electron chi connectivity index (χ4n) is 4.43. The Hall–Kier alpha value is -3.57. The number of hydrogen-bond acceptors (Lipinski definition) is 4. The first kappa shape index (κ1) is 32.9. The zero-order valence-electron chi connectivity index (χ0n) is 23.5. The SMILES string of the molecule is CCCNC(=O)[C@@H](Cc1ccccc1)N(Cc1cccc(C)c1)C(=O)CN(c1ccc(Cl)c(C(F)(F)F)c1)S(C)(=O)=O. The van der Waals surface area contributed by atoms with Gasteiger partial charge in [-0.15, -0.1) is 0 Å². The summed E-state index contributed by atoms with van der Waals surface area (Å²) in [5.74, 6) is -1.20.